The third kappa shape index (κ3) is 7.23. The molecule has 0 radical (unpaired) electrons. The van der Waals surface area contributed by atoms with Crippen LogP contribution >= 0.6 is 0 Å². The summed E-state index contributed by atoms with van der Waals surface area (Å²) in [6.45, 7) is 4.49. The molecule has 0 fully saturated rings. The second kappa shape index (κ2) is 7.22. The van der Waals surface area contributed by atoms with Crippen molar-refractivity contribution in [3.63, 3.8) is 0 Å². The predicted molar refractivity (Wildman–Crippen MR) is 62.2 cm³/mol. The molecule has 0 aromatic carbocycles. The minimum absolute atomic E-state index is 0.207. The first kappa shape index (κ1) is 14.9. The molecular weight excluding hydrogens is 208 g/mol. The summed E-state index contributed by atoms with van der Waals surface area (Å²) < 4.78 is 0. The molecule has 0 aromatic heterocycles. The van der Waals surface area contributed by atoms with Crippen LogP contribution in [0.4, 0.5) is 0 Å². The maximum atomic E-state index is 11.4. The lowest BCUT2D eigenvalue weighted by atomic mass is 10.0. The van der Waals surface area contributed by atoms with Crippen molar-refractivity contribution in [2.45, 2.75) is 32.7 Å². The second-order valence-electron chi connectivity index (χ2n) is 4.64. The van der Waals surface area contributed by atoms with Crippen LogP contribution in [0, 0.1) is 5.92 Å². The second-order valence-corrected chi connectivity index (χ2v) is 4.64. The Morgan fingerprint density at radius 3 is 2.25 bits per heavy atom. The Morgan fingerprint density at radius 1 is 1.31 bits per heavy atom. The van der Waals surface area contributed by atoms with E-state index in [1.807, 2.05) is 32.8 Å². The van der Waals surface area contributed by atoms with Gasteiger partial charge in [-0.05, 0) is 26.4 Å². The van der Waals surface area contributed by atoms with Gasteiger partial charge < -0.3 is 15.3 Å². The lowest BCUT2D eigenvalue weighted by Gasteiger charge is -2.17. The van der Waals surface area contributed by atoms with Gasteiger partial charge in [-0.1, -0.05) is 13.8 Å². The first-order valence-corrected chi connectivity index (χ1v) is 5.49. The van der Waals surface area contributed by atoms with Gasteiger partial charge in [0.2, 0.25) is 5.91 Å². The van der Waals surface area contributed by atoms with Crippen molar-refractivity contribution in [3.8, 4) is 0 Å². The number of carbonyl (C=O) groups is 2. The van der Waals surface area contributed by atoms with Crippen LogP contribution < -0.4 is 5.32 Å². The summed E-state index contributed by atoms with van der Waals surface area (Å²) in [4.78, 5) is 24.2. The van der Waals surface area contributed by atoms with E-state index in [2.05, 4.69) is 5.32 Å². The third-order valence-corrected chi connectivity index (χ3v) is 2.13. The van der Waals surface area contributed by atoms with Crippen LogP contribution in [0.25, 0.3) is 0 Å². The molecule has 0 aliphatic rings. The van der Waals surface area contributed by atoms with Crippen LogP contribution in [-0.4, -0.2) is 48.6 Å². The van der Waals surface area contributed by atoms with E-state index in [1.165, 1.54) is 0 Å². The van der Waals surface area contributed by atoms with Gasteiger partial charge >= 0.3 is 5.97 Å². The van der Waals surface area contributed by atoms with E-state index in [-0.39, 0.29) is 11.8 Å². The Kier molecular flexibility index (Phi) is 6.72. The van der Waals surface area contributed by atoms with Crippen LogP contribution in [0.15, 0.2) is 0 Å². The van der Waals surface area contributed by atoms with E-state index in [4.69, 9.17) is 5.11 Å². The average Bonchev–Trinajstić information content (AvgIpc) is 2.12. The molecule has 0 spiro atoms. The molecule has 1 amide bonds. The zero-order valence-corrected chi connectivity index (χ0v) is 10.5. The van der Waals surface area contributed by atoms with Crippen LogP contribution in [0.1, 0.15) is 26.7 Å². The number of nitrogens with zero attached hydrogens (tertiary/aromatic N) is 1. The van der Waals surface area contributed by atoms with Gasteiger partial charge in [0.05, 0.1) is 0 Å². The van der Waals surface area contributed by atoms with Gasteiger partial charge in [-0.25, -0.2) is 4.79 Å². The average molecular weight is 230 g/mol. The fourth-order valence-electron chi connectivity index (χ4n) is 1.28. The summed E-state index contributed by atoms with van der Waals surface area (Å²) >= 11 is 0. The molecule has 0 unspecified atom stereocenters. The van der Waals surface area contributed by atoms with Gasteiger partial charge in [0.25, 0.3) is 0 Å². The monoisotopic (exact) mass is 230 g/mol. The van der Waals surface area contributed by atoms with Gasteiger partial charge in [-0.15, -0.1) is 0 Å². The number of hydrogen-bond donors (Lipinski definition) is 2. The van der Waals surface area contributed by atoms with Crippen molar-refractivity contribution in [2.24, 2.45) is 5.92 Å². The number of carboxylic acids is 1. The molecule has 1 atom stereocenters. The van der Waals surface area contributed by atoms with E-state index < -0.39 is 12.0 Å². The van der Waals surface area contributed by atoms with Crippen molar-refractivity contribution in [2.75, 3.05) is 20.6 Å². The summed E-state index contributed by atoms with van der Waals surface area (Å²) in [7, 11) is 3.74. The molecule has 0 aliphatic heterocycles. The van der Waals surface area contributed by atoms with E-state index in [0.717, 1.165) is 0 Å². The lowest BCUT2D eigenvalue weighted by molar-refractivity contribution is -0.142. The predicted octanol–water partition coefficient (Wildman–Crippen LogP) is 0.554. The molecule has 0 aliphatic carbocycles. The summed E-state index contributed by atoms with van der Waals surface area (Å²) in [5, 5.41) is 11.5. The Balaban J connectivity index is 4.08. The van der Waals surface area contributed by atoms with Gasteiger partial charge in [-0.2, -0.15) is 0 Å². The quantitative estimate of drug-likeness (QED) is 0.670. The highest BCUT2D eigenvalue weighted by Gasteiger charge is 2.20. The van der Waals surface area contributed by atoms with E-state index in [1.54, 1.807) is 0 Å². The number of rotatable bonds is 7. The lowest BCUT2D eigenvalue weighted by Crippen LogP contribution is -2.42. The molecule has 0 aromatic rings. The van der Waals surface area contributed by atoms with Crippen molar-refractivity contribution in [1.29, 1.82) is 0 Å². The van der Waals surface area contributed by atoms with Crippen molar-refractivity contribution in [3.05, 3.63) is 0 Å². The maximum absolute atomic E-state index is 11.4. The van der Waals surface area contributed by atoms with Gasteiger partial charge in [0.1, 0.15) is 6.04 Å². The summed E-state index contributed by atoms with van der Waals surface area (Å²) in [6.07, 6.45) is 0.790. The molecule has 0 saturated carbocycles. The number of amides is 1. The summed E-state index contributed by atoms with van der Waals surface area (Å²) in [5.41, 5.74) is 0. The third-order valence-electron chi connectivity index (χ3n) is 2.13. The minimum atomic E-state index is -0.966. The van der Waals surface area contributed by atoms with Crippen LogP contribution in [0.5, 0.6) is 0 Å². The van der Waals surface area contributed by atoms with Gasteiger partial charge in [-0.3, -0.25) is 4.79 Å². The zero-order chi connectivity index (χ0) is 12.7. The van der Waals surface area contributed by atoms with Crippen LogP contribution in [0.2, 0.25) is 0 Å². The standard InChI is InChI=1S/C11H22N2O3/c1-8(2)7-9(11(15)16)12-10(14)5-6-13(3)4/h8-9H,5-7H2,1-4H3,(H,12,14)(H,15,16)/t9-/m1/s1. The minimum Gasteiger partial charge on any atom is -0.480 e. The maximum Gasteiger partial charge on any atom is 0.326 e. The molecule has 5 heteroatoms. The number of aliphatic carboxylic acids is 1. The van der Waals surface area contributed by atoms with Gasteiger partial charge in [0, 0.05) is 13.0 Å². The van der Waals surface area contributed by atoms with Crippen molar-refractivity contribution in [1.82, 2.24) is 10.2 Å². The number of carboxylic acid groups (broad SMARTS) is 1. The summed E-state index contributed by atoms with van der Waals surface area (Å²) in [5.74, 6) is -0.927. The molecule has 0 bridgehead atoms. The molecule has 5 nitrogen and oxygen atoms in total. The number of hydrogen-bond acceptors (Lipinski definition) is 3. The topological polar surface area (TPSA) is 69.6 Å². The highest BCUT2D eigenvalue weighted by atomic mass is 16.4. The van der Waals surface area contributed by atoms with E-state index >= 15 is 0 Å². The Labute approximate surface area is 96.8 Å². The smallest absolute Gasteiger partial charge is 0.326 e. The molecule has 0 saturated heterocycles. The normalized spacial score (nSPS) is 12.9. The van der Waals surface area contributed by atoms with Crippen LogP contribution in [-0.2, 0) is 9.59 Å². The Bertz CT molecular complexity index is 239. The number of carbonyl (C=O) groups excluding carboxylic acids is 1. The number of nitrogens with one attached hydrogen (secondary N) is 1. The molecular formula is C11H22N2O3. The Morgan fingerprint density at radius 2 is 1.88 bits per heavy atom. The SMILES string of the molecule is CC(C)C[C@@H](NC(=O)CCN(C)C)C(=O)O. The molecule has 16 heavy (non-hydrogen) atoms. The fraction of sp³-hybridized carbons (Fsp3) is 0.818. The molecule has 94 valence electrons. The largest absolute Gasteiger partial charge is 0.480 e. The highest BCUT2D eigenvalue weighted by molar-refractivity contribution is 5.83. The summed E-state index contributed by atoms with van der Waals surface area (Å²) in [6, 6.07) is -0.769. The van der Waals surface area contributed by atoms with Crippen molar-refractivity contribution >= 4 is 11.9 Å². The van der Waals surface area contributed by atoms with Gasteiger partial charge in [0.15, 0.2) is 0 Å². The first-order chi connectivity index (χ1) is 7.32. The molecule has 2 N–H and O–H groups in total. The first-order valence-electron chi connectivity index (χ1n) is 5.49. The van der Waals surface area contributed by atoms with E-state index in [9.17, 15) is 9.59 Å². The highest BCUT2D eigenvalue weighted by Crippen LogP contribution is 2.05. The van der Waals surface area contributed by atoms with E-state index in [0.29, 0.717) is 19.4 Å². The van der Waals surface area contributed by atoms with Crippen LogP contribution in [0.3, 0.4) is 0 Å². The Hall–Kier alpha value is -1.10. The molecule has 0 heterocycles. The fourth-order valence-corrected chi connectivity index (χ4v) is 1.28. The van der Waals surface area contributed by atoms with Crippen molar-refractivity contribution < 1.29 is 14.7 Å². The zero-order valence-electron chi connectivity index (χ0n) is 10.5. The molecule has 0 rings (SSSR count).